The van der Waals surface area contributed by atoms with E-state index in [1.165, 1.54) is 60.5 Å². The largest absolute Gasteiger partial charge is 0.332 e. The van der Waals surface area contributed by atoms with Crippen LogP contribution >= 0.6 is 0 Å². The molecule has 1 aliphatic carbocycles. The molecule has 0 fully saturated rings. The van der Waals surface area contributed by atoms with Crippen LogP contribution in [0.25, 0.3) is 60.4 Å². The van der Waals surface area contributed by atoms with Crippen molar-refractivity contribution in [2.45, 2.75) is 19.3 Å². The fourth-order valence-corrected chi connectivity index (χ4v) is 6.76. The molecular weight excluding hydrogens is 438 g/mol. The third kappa shape index (κ3) is 2.31. The molecule has 0 saturated carbocycles. The van der Waals surface area contributed by atoms with Gasteiger partial charge in [-0.1, -0.05) is 86.6 Å². The highest BCUT2D eigenvalue weighted by molar-refractivity contribution is 6.17. The zero-order valence-electron chi connectivity index (χ0n) is 20.6. The Kier molecular flexibility index (Phi) is 3.67. The summed E-state index contributed by atoms with van der Waals surface area (Å²) >= 11 is 0. The van der Waals surface area contributed by atoms with E-state index < -0.39 is 0 Å². The minimum absolute atomic E-state index is 0.0977. The molecule has 5 aromatic carbocycles. The number of benzene rings is 5. The molecule has 0 atom stereocenters. The first-order valence-electron chi connectivity index (χ1n) is 12.6. The molecule has 0 radical (unpaired) electrons. The highest BCUT2D eigenvalue weighted by atomic mass is 15.1. The van der Waals surface area contributed by atoms with Gasteiger partial charge in [0.1, 0.15) is 0 Å². The van der Waals surface area contributed by atoms with Gasteiger partial charge in [0, 0.05) is 28.8 Å². The Bertz CT molecular complexity index is 2030. The van der Waals surface area contributed by atoms with Crippen LogP contribution in [0.4, 0.5) is 0 Å². The van der Waals surface area contributed by atoms with Crippen molar-refractivity contribution in [1.29, 1.82) is 0 Å². The summed E-state index contributed by atoms with van der Waals surface area (Å²) in [6, 6.07) is 33.4. The van der Waals surface area contributed by atoms with E-state index in [4.69, 9.17) is 0 Å². The summed E-state index contributed by atoms with van der Waals surface area (Å²) in [6.45, 7) is 4.76. The average molecular weight is 464 g/mol. The van der Waals surface area contributed by atoms with Gasteiger partial charge in [0.25, 0.3) is 0 Å². The van der Waals surface area contributed by atoms with Gasteiger partial charge in [-0.15, -0.1) is 0 Å². The molecule has 2 heterocycles. The topological polar surface area (TPSA) is 22.8 Å². The van der Waals surface area contributed by atoms with E-state index in [1.54, 1.807) is 0 Å². The SMILES string of the molecule is Cn1cnc2cccc(-n3c4ccccc4c4ccc5c(c43)-c3ccc4ccccc4c3C5(C)C)c21. The van der Waals surface area contributed by atoms with Crippen LogP contribution in [0.5, 0.6) is 0 Å². The number of hydrogen-bond donors (Lipinski definition) is 0. The number of aryl methyl sites for hydroxylation is 1. The standard InChI is InChI=1S/C33H25N3/c1-33(2)25-18-17-23-22-11-6-7-13-27(22)36(28-14-8-12-26-32(28)35(3)19-34-26)31(23)29(25)24-16-15-20-9-4-5-10-21(20)30(24)33/h4-19H,1-3H3. The van der Waals surface area contributed by atoms with Crippen LogP contribution in [0, 0.1) is 0 Å². The smallest absolute Gasteiger partial charge is 0.0956 e. The van der Waals surface area contributed by atoms with Gasteiger partial charge in [-0.3, -0.25) is 0 Å². The maximum Gasteiger partial charge on any atom is 0.0956 e. The van der Waals surface area contributed by atoms with E-state index in [-0.39, 0.29) is 5.41 Å². The number of rotatable bonds is 1. The van der Waals surface area contributed by atoms with Gasteiger partial charge in [0.05, 0.1) is 34.1 Å². The van der Waals surface area contributed by atoms with Crippen LogP contribution in [0.2, 0.25) is 0 Å². The number of aromatic nitrogens is 3. The summed E-state index contributed by atoms with van der Waals surface area (Å²) in [4.78, 5) is 4.66. The van der Waals surface area contributed by atoms with Crippen LogP contribution < -0.4 is 0 Å². The van der Waals surface area contributed by atoms with Crippen LogP contribution in [0.1, 0.15) is 25.0 Å². The van der Waals surface area contributed by atoms with E-state index in [0.29, 0.717) is 0 Å². The molecule has 2 aromatic heterocycles. The van der Waals surface area contributed by atoms with Crippen molar-refractivity contribution >= 4 is 43.6 Å². The van der Waals surface area contributed by atoms with Gasteiger partial charge in [-0.2, -0.15) is 0 Å². The van der Waals surface area contributed by atoms with Crippen molar-refractivity contribution in [3.63, 3.8) is 0 Å². The van der Waals surface area contributed by atoms with Crippen molar-refractivity contribution in [2.75, 3.05) is 0 Å². The van der Waals surface area contributed by atoms with E-state index in [2.05, 4.69) is 126 Å². The summed E-state index contributed by atoms with van der Waals surface area (Å²) < 4.78 is 4.62. The Labute approximate surface area is 209 Å². The summed E-state index contributed by atoms with van der Waals surface area (Å²) in [5.74, 6) is 0. The Morgan fingerprint density at radius 2 is 1.50 bits per heavy atom. The normalized spacial score (nSPS) is 14.2. The van der Waals surface area contributed by atoms with Crippen molar-refractivity contribution in [1.82, 2.24) is 14.1 Å². The number of nitrogens with zero attached hydrogens (tertiary/aromatic N) is 3. The molecule has 7 aromatic rings. The molecule has 0 N–H and O–H groups in total. The van der Waals surface area contributed by atoms with Crippen molar-refractivity contribution < 1.29 is 0 Å². The average Bonchev–Trinajstić information content (AvgIpc) is 3.52. The van der Waals surface area contributed by atoms with E-state index in [1.807, 2.05) is 6.33 Å². The second-order valence-electron chi connectivity index (χ2n) is 10.6. The first-order valence-corrected chi connectivity index (χ1v) is 12.6. The number of imidazole rings is 1. The molecule has 0 unspecified atom stereocenters. The molecule has 1 aliphatic rings. The van der Waals surface area contributed by atoms with Crippen LogP contribution in [-0.4, -0.2) is 14.1 Å². The van der Waals surface area contributed by atoms with Crippen molar-refractivity contribution in [2.24, 2.45) is 7.05 Å². The molecule has 172 valence electrons. The Balaban J connectivity index is 1.62. The van der Waals surface area contributed by atoms with E-state index in [9.17, 15) is 0 Å². The maximum atomic E-state index is 4.66. The lowest BCUT2D eigenvalue weighted by molar-refractivity contribution is 0.666. The number of fused-ring (bicyclic) bond motifs is 10. The second-order valence-corrected chi connectivity index (χ2v) is 10.6. The van der Waals surface area contributed by atoms with Gasteiger partial charge in [-0.05, 0) is 45.7 Å². The van der Waals surface area contributed by atoms with Gasteiger partial charge in [-0.25, -0.2) is 4.98 Å². The first-order chi connectivity index (χ1) is 17.6. The quantitative estimate of drug-likeness (QED) is 0.241. The highest BCUT2D eigenvalue weighted by Crippen LogP contribution is 2.55. The van der Waals surface area contributed by atoms with E-state index >= 15 is 0 Å². The van der Waals surface area contributed by atoms with Crippen molar-refractivity contribution in [3.8, 4) is 16.8 Å². The van der Waals surface area contributed by atoms with Crippen LogP contribution in [0.15, 0.2) is 97.3 Å². The zero-order chi connectivity index (χ0) is 24.2. The summed E-state index contributed by atoms with van der Waals surface area (Å²) in [5.41, 5.74) is 11.3. The second kappa shape index (κ2) is 6.64. The Morgan fingerprint density at radius 3 is 2.39 bits per heavy atom. The molecule has 0 spiro atoms. The number of hydrogen-bond acceptors (Lipinski definition) is 1. The first kappa shape index (κ1) is 19.9. The minimum atomic E-state index is -0.0977. The molecule has 0 saturated heterocycles. The summed E-state index contributed by atoms with van der Waals surface area (Å²) in [7, 11) is 2.09. The van der Waals surface area contributed by atoms with Gasteiger partial charge >= 0.3 is 0 Å². The van der Waals surface area contributed by atoms with Crippen molar-refractivity contribution in [3.05, 3.63) is 108 Å². The molecule has 0 bridgehead atoms. The number of para-hydroxylation sites is 2. The minimum Gasteiger partial charge on any atom is -0.332 e. The molecule has 3 heteroatoms. The Hall–Kier alpha value is -4.37. The molecular formula is C33H25N3. The third-order valence-corrected chi connectivity index (χ3v) is 8.29. The fraction of sp³-hybridized carbons (Fsp3) is 0.121. The lowest BCUT2D eigenvalue weighted by Crippen LogP contribution is -2.15. The fourth-order valence-electron chi connectivity index (χ4n) is 6.76. The van der Waals surface area contributed by atoms with Crippen LogP contribution in [-0.2, 0) is 12.5 Å². The Morgan fingerprint density at radius 1 is 0.694 bits per heavy atom. The molecule has 3 nitrogen and oxygen atoms in total. The van der Waals surface area contributed by atoms with Crippen LogP contribution in [0.3, 0.4) is 0 Å². The monoisotopic (exact) mass is 463 g/mol. The van der Waals surface area contributed by atoms with Gasteiger partial charge < -0.3 is 9.13 Å². The molecule has 0 aliphatic heterocycles. The van der Waals surface area contributed by atoms with Gasteiger partial charge in [0.2, 0.25) is 0 Å². The summed E-state index contributed by atoms with van der Waals surface area (Å²) in [5, 5.41) is 5.22. The molecule has 0 amide bonds. The lowest BCUT2D eigenvalue weighted by atomic mass is 9.80. The molecule has 36 heavy (non-hydrogen) atoms. The summed E-state index contributed by atoms with van der Waals surface area (Å²) in [6.07, 6.45) is 1.91. The maximum absolute atomic E-state index is 4.66. The predicted octanol–water partition coefficient (Wildman–Crippen LogP) is 8.13. The van der Waals surface area contributed by atoms with Gasteiger partial charge in [0.15, 0.2) is 0 Å². The molecule has 8 rings (SSSR count). The lowest BCUT2D eigenvalue weighted by Gasteiger charge is -2.23. The zero-order valence-corrected chi connectivity index (χ0v) is 20.6. The van der Waals surface area contributed by atoms with E-state index in [0.717, 1.165) is 11.0 Å². The highest BCUT2D eigenvalue weighted by Gasteiger charge is 2.39. The predicted molar refractivity (Wildman–Crippen MR) is 150 cm³/mol. The third-order valence-electron chi connectivity index (χ3n) is 8.29.